The molecular formula is C20H20F2N2O4S. The van der Waals surface area contributed by atoms with Crippen LogP contribution in [0.4, 0.5) is 20.2 Å². The third-order valence-corrected chi connectivity index (χ3v) is 5.85. The van der Waals surface area contributed by atoms with E-state index in [1.165, 1.54) is 23.1 Å². The van der Waals surface area contributed by atoms with Gasteiger partial charge in [0.1, 0.15) is 24.0 Å². The standard InChI is InChI=1S/C20H20F2N2O4S/c1-4-10-24-16-9-8-13(11-17(16)28-12-20(2,3)19(24)25)23-29(26,27)18-14(21)6-5-7-15(18)22/h4-9,11,23H,1,10,12H2,2-3H3. The Morgan fingerprint density at radius 2 is 1.90 bits per heavy atom. The number of carbonyl (C=O) groups excluding carboxylic acids is 1. The Bertz CT molecular complexity index is 1060. The van der Waals surface area contributed by atoms with Gasteiger partial charge in [-0.05, 0) is 38.1 Å². The fourth-order valence-corrected chi connectivity index (χ4v) is 4.16. The van der Waals surface area contributed by atoms with Gasteiger partial charge in [0.15, 0.2) is 4.90 Å². The Labute approximate surface area is 167 Å². The molecule has 2 aromatic rings. The molecule has 154 valence electrons. The van der Waals surface area contributed by atoms with Gasteiger partial charge in [0, 0.05) is 12.6 Å². The normalized spacial score (nSPS) is 15.9. The molecule has 0 atom stereocenters. The number of amides is 1. The molecule has 0 saturated carbocycles. The van der Waals surface area contributed by atoms with Gasteiger partial charge in [0.25, 0.3) is 10.0 Å². The van der Waals surface area contributed by atoms with Gasteiger partial charge in [-0.2, -0.15) is 0 Å². The molecule has 0 saturated heterocycles. The Kier molecular flexibility index (Phi) is 5.36. The van der Waals surface area contributed by atoms with E-state index in [0.29, 0.717) is 5.69 Å². The van der Waals surface area contributed by atoms with Crippen molar-refractivity contribution >= 4 is 27.3 Å². The zero-order valence-corrected chi connectivity index (χ0v) is 16.7. The van der Waals surface area contributed by atoms with Crippen LogP contribution in [0.25, 0.3) is 0 Å². The molecule has 1 aliphatic heterocycles. The number of halogens is 2. The number of carbonyl (C=O) groups is 1. The molecule has 1 N–H and O–H groups in total. The summed E-state index contributed by atoms with van der Waals surface area (Å²) in [4.78, 5) is 13.2. The molecule has 6 nitrogen and oxygen atoms in total. The first kappa shape index (κ1) is 20.8. The Hall–Kier alpha value is -2.94. The molecular weight excluding hydrogens is 402 g/mol. The lowest BCUT2D eigenvalue weighted by Gasteiger charge is -2.27. The van der Waals surface area contributed by atoms with E-state index in [2.05, 4.69) is 11.3 Å². The molecule has 1 aliphatic rings. The van der Waals surface area contributed by atoms with Crippen LogP contribution in [0.1, 0.15) is 13.8 Å². The molecule has 3 rings (SSSR count). The number of anilines is 2. The first-order chi connectivity index (χ1) is 13.6. The minimum atomic E-state index is -4.52. The average Bonchev–Trinajstić information content (AvgIpc) is 2.71. The molecule has 1 heterocycles. The molecule has 0 fully saturated rings. The number of nitrogens with zero attached hydrogens (tertiary/aromatic N) is 1. The van der Waals surface area contributed by atoms with Crippen LogP contribution in [0.3, 0.4) is 0 Å². The first-order valence-corrected chi connectivity index (χ1v) is 10.2. The van der Waals surface area contributed by atoms with Crippen LogP contribution in [-0.2, 0) is 14.8 Å². The van der Waals surface area contributed by atoms with Crippen molar-refractivity contribution in [3.05, 3.63) is 60.7 Å². The lowest BCUT2D eigenvalue weighted by atomic mass is 9.93. The summed E-state index contributed by atoms with van der Waals surface area (Å²) in [5.74, 6) is -2.31. The molecule has 9 heteroatoms. The van der Waals surface area contributed by atoms with Crippen molar-refractivity contribution in [3.8, 4) is 5.75 Å². The second-order valence-corrected chi connectivity index (χ2v) is 8.84. The summed E-state index contributed by atoms with van der Waals surface area (Å²) >= 11 is 0. The summed E-state index contributed by atoms with van der Waals surface area (Å²) in [7, 11) is -4.52. The topological polar surface area (TPSA) is 75.7 Å². The molecule has 0 unspecified atom stereocenters. The number of hydrogen-bond donors (Lipinski definition) is 1. The minimum Gasteiger partial charge on any atom is -0.490 e. The average molecular weight is 422 g/mol. The highest BCUT2D eigenvalue weighted by molar-refractivity contribution is 7.92. The molecule has 1 amide bonds. The van der Waals surface area contributed by atoms with Crippen LogP contribution < -0.4 is 14.4 Å². The number of rotatable bonds is 5. The van der Waals surface area contributed by atoms with E-state index in [1.807, 2.05) is 0 Å². The lowest BCUT2D eigenvalue weighted by Crippen LogP contribution is -2.42. The predicted molar refractivity (Wildman–Crippen MR) is 105 cm³/mol. The molecule has 0 radical (unpaired) electrons. The first-order valence-electron chi connectivity index (χ1n) is 8.73. The van der Waals surface area contributed by atoms with Gasteiger partial charge in [-0.1, -0.05) is 12.1 Å². The zero-order chi connectivity index (χ0) is 21.4. The van der Waals surface area contributed by atoms with Gasteiger partial charge < -0.3 is 9.64 Å². The highest BCUT2D eigenvalue weighted by Crippen LogP contribution is 2.38. The van der Waals surface area contributed by atoms with E-state index in [1.54, 1.807) is 19.9 Å². The van der Waals surface area contributed by atoms with Crippen molar-refractivity contribution < 1.29 is 26.7 Å². The molecule has 0 aliphatic carbocycles. The third kappa shape index (κ3) is 3.95. The number of hydrogen-bond acceptors (Lipinski definition) is 4. The quantitative estimate of drug-likeness (QED) is 0.746. The van der Waals surface area contributed by atoms with Gasteiger partial charge >= 0.3 is 0 Å². The number of benzene rings is 2. The monoisotopic (exact) mass is 422 g/mol. The molecule has 0 spiro atoms. The third-order valence-electron chi connectivity index (χ3n) is 4.41. The van der Waals surface area contributed by atoms with Crippen molar-refractivity contribution in [3.63, 3.8) is 0 Å². The molecule has 0 aromatic heterocycles. The van der Waals surface area contributed by atoms with Crippen molar-refractivity contribution in [1.82, 2.24) is 0 Å². The second-order valence-electron chi connectivity index (χ2n) is 7.22. The van der Waals surface area contributed by atoms with E-state index in [0.717, 1.165) is 18.2 Å². The Balaban J connectivity index is 2.00. The van der Waals surface area contributed by atoms with Crippen LogP contribution >= 0.6 is 0 Å². The highest BCUT2D eigenvalue weighted by atomic mass is 32.2. The van der Waals surface area contributed by atoms with Gasteiger partial charge in [0.05, 0.1) is 16.8 Å². The fourth-order valence-electron chi connectivity index (χ4n) is 2.97. The van der Waals surface area contributed by atoms with Gasteiger partial charge in [0.2, 0.25) is 5.91 Å². The second kappa shape index (κ2) is 7.47. The van der Waals surface area contributed by atoms with E-state index < -0.39 is 32.0 Å². The smallest absolute Gasteiger partial charge is 0.267 e. The van der Waals surface area contributed by atoms with Crippen LogP contribution in [0, 0.1) is 17.0 Å². The lowest BCUT2D eigenvalue weighted by molar-refractivity contribution is -0.127. The number of sulfonamides is 1. The van der Waals surface area contributed by atoms with E-state index in [-0.39, 0.29) is 30.5 Å². The van der Waals surface area contributed by atoms with Crippen molar-refractivity contribution in [2.45, 2.75) is 18.7 Å². The zero-order valence-electron chi connectivity index (χ0n) is 15.9. The maximum Gasteiger partial charge on any atom is 0.267 e. The fraction of sp³-hybridized carbons (Fsp3) is 0.250. The highest BCUT2D eigenvalue weighted by Gasteiger charge is 2.37. The van der Waals surface area contributed by atoms with Gasteiger partial charge in [-0.15, -0.1) is 6.58 Å². The van der Waals surface area contributed by atoms with Gasteiger partial charge in [-0.3, -0.25) is 9.52 Å². The van der Waals surface area contributed by atoms with E-state index in [9.17, 15) is 22.0 Å². The summed E-state index contributed by atoms with van der Waals surface area (Å²) in [5, 5.41) is 0. The summed E-state index contributed by atoms with van der Waals surface area (Å²) in [5.41, 5.74) is -0.324. The van der Waals surface area contributed by atoms with E-state index in [4.69, 9.17) is 4.74 Å². The minimum absolute atomic E-state index is 0.0390. The largest absolute Gasteiger partial charge is 0.490 e. The molecule has 0 bridgehead atoms. The maximum absolute atomic E-state index is 13.9. The van der Waals surface area contributed by atoms with Gasteiger partial charge in [-0.25, -0.2) is 17.2 Å². The van der Waals surface area contributed by atoms with Crippen LogP contribution in [0.15, 0.2) is 53.9 Å². The van der Waals surface area contributed by atoms with Crippen molar-refractivity contribution in [2.24, 2.45) is 5.41 Å². The van der Waals surface area contributed by atoms with Crippen LogP contribution in [0.5, 0.6) is 5.75 Å². The maximum atomic E-state index is 13.9. The Morgan fingerprint density at radius 3 is 2.52 bits per heavy atom. The molecule has 2 aromatic carbocycles. The Morgan fingerprint density at radius 1 is 1.24 bits per heavy atom. The van der Waals surface area contributed by atoms with E-state index >= 15 is 0 Å². The van der Waals surface area contributed by atoms with Crippen molar-refractivity contribution in [2.75, 3.05) is 22.8 Å². The molecule has 29 heavy (non-hydrogen) atoms. The summed E-state index contributed by atoms with van der Waals surface area (Å²) < 4.78 is 60.7. The predicted octanol–water partition coefficient (Wildman–Crippen LogP) is 3.70. The summed E-state index contributed by atoms with van der Waals surface area (Å²) in [6, 6.07) is 7.06. The SMILES string of the molecule is C=CCN1C(=O)C(C)(C)COc2cc(NS(=O)(=O)c3c(F)cccc3F)ccc21. The number of ether oxygens (including phenoxy) is 1. The summed E-state index contributed by atoms with van der Waals surface area (Å²) in [6.45, 7) is 7.45. The summed E-state index contributed by atoms with van der Waals surface area (Å²) in [6.07, 6.45) is 1.57. The van der Waals surface area contributed by atoms with Crippen LogP contribution in [-0.4, -0.2) is 27.5 Å². The van der Waals surface area contributed by atoms with Crippen molar-refractivity contribution in [1.29, 1.82) is 0 Å². The number of fused-ring (bicyclic) bond motifs is 1. The van der Waals surface area contributed by atoms with Crippen LogP contribution in [0.2, 0.25) is 0 Å². The number of nitrogens with one attached hydrogen (secondary N) is 1.